The molecule has 2 aromatic carbocycles. The van der Waals surface area contributed by atoms with Crippen molar-refractivity contribution in [2.45, 2.75) is 13.0 Å². The topological polar surface area (TPSA) is 146 Å². The first-order chi connectivity index (χ1) is 14.8. The van der Waals surface area contributed by atoms with Crippen molar-refractivity contribution in [1.82, 2.24) is 10.6 Å². The first-order valence-corrected chi connectivity index (χ1v) is 9.29. The summed E-state index contributed by atoms with van der Waals surface area (Å²) in [5.74, 6) is -1.95. The van der Waals surface area contributed by atoms with Gasteiger partial charge in [0, 0.05) is 12.1 Å². The molecule has 4 N–H and O–H groups in total. The van der Waals surface area contributed by atoms with Crippen molar-refractivity contribution in [2.24, 2.45) is 5.73 Å². The Hall–Kier alpha value is -4.08. The van der Waals surface area contributed by atoms with Crippen molar-refractivity contribution >= 4 is 23.8 Å². The van der Waals surface area contributed by atoms with Crippen LogP contribution in [-0.2, 0) is 14.3 Å². The zero-order chi connectivity index (χ0) is 22.8. The van der Waals surface area contributed by atoms with Crippen molar-refractivity contribution in [3.63, 3.8) is 0 Å². The van der Waals surface area contributed by atoms with E-state index < -0.39 is 29.9 Å². The summed E-state index contributed by atoms with van der Waals surface area (Å²) in [6.07, 6.45) is -1.37. The molecular formula is C21H23N3O7. The zero-order valence-electron chi connectivity index (χ0n) is 17.0. The molecule has 10 heteroatoms. The lowest BCUT2D eigenvalue weighted by Gasteiger charge is -2.18. The van der Waals surface area contributed by atoms with Crippen LogP contribution in [-0.4, -0.2) is 44.1 Å². The molecule has 0 aliphatic heterocycles. The summed E-state index contributed by atoms with van der Waals surface area (Å²) in [5, 5.41) is 4.57. The summed E-state index contributed by atoms with van der Waals surface area (Å²) in [4.78, 5) is 47.9. The molecule has 31 heavy (non-hydrogen) atoms. The van der Waals surface area contributed by atoms with Crippen LogP contribution in [0.5, 0.6) is 11.5 Å². The van der Waals surface area contributed by atoms with E-state index in [-0.39, 0.29) is 23.7 Å². The SMILES string of the molecule is CCNC(=O)NC(=O)C(OC(=O)c1ccc(OCC(N)=O)c(OC)c1)c1ccccc1. The van der Waals surface area contributed by atoms with Crippen LogP contribution in [0.15, 0.2) is 48.5 Å². The van der Waals surface area contributed by atoms with Gasteiger partial charge in [-0.1, -0.05) is 30.3 Å². The second-order valence-corrected chi connectivity index (χ2v) is 6.17. The van der Waals surface area contributed by atoms with E-state index in [1.807, 2.05) is 0 Å². The summed E-state index contributed by atoms with van der Waals surface area (Å²) in [7, 11) is 1.36. The number of esters is 1. The second-order valence-electron chi connectivity index (χ2n) is 6.17. The number of hydrogen-bond donors (Lipinski definition) is 3. The maximum absolute atomic E-state index is 12.7. The molecule has 0 aliphatic rings. The Morgan fingerprint density at radius 3 is 2.35 bits per heavy atom. The number of nitrogens with two attached hydrogens (primary N) is 1. The highest BCUT2D eigenvalue weighted by molar-refractivity contribution is 5.99. The van der Waals surface area contributed by atoms with Gasteiger partial charge in [-0.25, -0.2) is 9.59 Å². The van der Waals surface area contributed by atoms with Gasteiger partial charge < -0.3 is 25.3 Å². The second kappa shape index (κ2) is 11.2. The van der Waals surface area contributed by atoms with Gasteiger partial charge in [0.2, 0.25) is 6.10 Å². The fourth-order valence-electron chi connectivity index (χ4n) is 2.52. The molecule has 0 fully saturated rings. The Kier molecular flexibility index (Phi) is 8.38. The number of carbonyl (C=O) groups is 4. The van der Waals surface area contributed by atoms with Crippen LogP contribution in [0, 0.1) is 0 Å². The third-order valence-corrected chi connectivity index (χ3v) is 3.91. The van der Waals surface area contributed by atoms with Crippen LogP contribution >= 0.6 is 0 Å². The molecule has 0 aromatic heterocycles. The van der Waals surface area contributed by atoms with E-state index in [1.54, 1.807) is 37.3 Å². The van der Waals surface area contributed by atoms with E-state index in [2.05, 4.69) is 10.6 Å². The number of hydrogen-bond acceptors (Lipinski definition) is 7. The molecule has 0 radical (unpaired) electrons. The number of primary amides is 1. The van der Waals surface area contributed by atoms with Gasteiger partial charge >= 0.3 is 12.0 Å². The molecule has 0 bridgehead atoms. The molecule has 0 saturated heterocycles. The standard InChI is InChI=1S/C21H23N3O7/c1-3-23-21(28)24-19(26)18(13-7-5-4-6-8-13)31-20(27)14-9-10-15(16(11-14)29-2)30-12-17(22)25/h4-11,18H,3,12H2,1-2H3,(H2,22,25)(H2,23,24,26,28). The summed E-state index contributed by atoms with van der Waals surface area (Å²) < 4.78 is 15.8. The van der Waals surface area contributed by atoms with E-state index >= 15 is 0 Å². The number of methoxy groups -OCH3 is 1. The predicted molar refractivity (Wildman–Crippen MR) is 109 cm³/mol. The van der Waals surface area contributed by atoms with Gasteiger partial charge in [0.1, 0.15) is 0 Å². The van der Waals surface area contributed by atoms with Gasteiger partial charge in [0.15, 0.2) is 18.1 Å². The van der Waals surface area contributed by atoms with E-state index in [4.69, 9.17) is 19.9 Å². The average Bonchev–Trinajstić information content (AvgIpc) is 2.76. The van der Waals surface area contributed by atoms with E-state index in [0.29, 0.717) is 12.1 Å². The largest absolute Gasteiger partial charge is 0.493 e. The van der Waals surface area contributed by atoms with Crippen molar-refractivity contribution in [3.8, 4) is 11.5 Å². The first-order valence-electron chi connectivity index (χ1n) is 9.29. The molecular weight excluding hydrogens is 406 g/mol. The Balaban J connectivity index is 2.23. The zero-order valence-corrected chi connectivity index (χ0v) is 17.0. The Morgan fingerprint density at radius 2 is 1.74 bits per heavy atom. The molecule has 0 spiro atoms. The molecule has 4 amide bonds. The molecule has 0 heterocycles. The van der Waals surface area contributed by atoms with Gasteiger partial charge in [-0.2, -0.15) is 0 Å². The number of imide groups is 1. The molecule has 1 atom stereocenters. The molecule has 164 valence electrons. The van der Waals surface area contributed by atoms with Crippen LogP contribution in [0.2, 0.25) is 0 Å². The lowest BCUT2D eigenvalue weighted by molar-refractivity contribution is -0.129. The molecule has 0 aliphatic carbocycles. The van der Waals surface area contributed by atoms with Crippen molar-refractivity contribution in [1.29, 1.82) is 0 Å². The van der Waals surface area contributed by atoms with E-state index in [0.717, 1.165) is 0 Å². The molecule has 1 unspecified atom stereocenters. The highest BCUT2D eigenvalue weighted by atomic mass is 16.5. The monoisotopic (exact) mass is 429 g/mol. The predicted octanol–water partition coefficient (Wildman–Crippen LogP) is 1.30. The first kappa shape index (κ1) is 23.2. The van der Waals surface area contributed by atoms with Gasteiger partial charge in [0.05, 0.1) is 12.7 Å². The van der Waals surface area contributed by atoms with Gasteiger partial charge in [-0.3, -0.25) is 14.9 Å². The van der Waals surface area contributed by atoms with Gasteiger partial charge in [-0.15, -0.1) is 0 Å². The number of ether oxygens (including phenoxy) is 3. The number of urea groups is 1. The fourth-order valence-corrected chi connectivity index (χ4v) is 2.52. The van der Waals surface area contributed by atoms with E-state index in [1.165, 1.54) is 25.3 Å². The molecule has 10 nitrogen and oxygen atoms in total. The maximum atomic E-state index is 12.7. The van der Waals surface area contributed by atoms with Crippen LogP contribution < -0.4 is 25.8 Å². The summed E-state index contributed by atoms with van der Waals surface area (Å²) in [6, 6.07) is 11.7. The summed E-state index contributed by atoms with van der Waals surface area (Å²) in [6.45, 7) is 1.65. The number of carbonyl (C=O) groups excluding carboxylic acids is 4. The highest BCUT2D eigenvalue weighted by Gasteiger charge is 2.27. The number of nitrogens with one attached hydrogen (secondary N) is 2. The van der Waals surface area contributed by atoms with Gasteiger partial charge in [0.25, 0.3) is 11.8 Å². The van der Waals surface area contributed by atoms with Crippen LogP contribution in [0.1, 0.15) is 28.9 Å². The number of amides is 4. The Labute approximate surface area is 178 Å². The smallest absolute Gasteiger partial charge is 0.339 e. The minimum absolute atomic E-state index is 0.0648. The minimum atomic E-state index is -1.37. The fraction of sp³-hybridized carbons (Fsp3) is 0.238. The summed E-state index contributed by atoms with van der Waals surface area (Å²) in [5.41, 5.74) is 5.50. The quantitative estimate of drug-likeness (QED) is 0.509. The minimum Gasteiger partial charge on any atom is -0.493 e. The highest BCUT2D eigenvalue weighted by Crippen LogP contribution is 2.29. The van der Waals surface area contributed by atoms with Crippen LogP contribution in [0.4, 0.5) is 4.79 Å². The molecule has 2 rings (SSSR count). The lowest BCUT2D eigenvalue weighted by atomic mass is 10.1. The number of benzene rings is 2. The Morgan fingerprint density at radius 1 is 1.03 bits per heavy atom. The van der Waals surface area contributed by atoms with E-state index in [9.17, 15) is 19.2 Å². The maximum Gasteiger partial charge on any atom is 0.339 e. The van der Waals surface area contributed by atoms with Crippen LogP contribution in [0.3, 0.4) is 0 Å². The van der Waals surface area contributed by atoms with Crippen LogP contribution in [0.25, 0.3) is 0 Å². The third-order valence-electron chi connectivity index (χ3n) is 3.91. The lowest BCUT2D eigenvalue weighted by Crippen LogP contribution is -2.42. The van der Waals surface area contributed by atoms with Crippen molar-refractivity contribution in [3.05, 3.63) is 59.7 Å². The third kappa shape index (κ3) is 6.74. The molecule has 2 aromatic rings. The van der Waals surface area contributed by atoms with Gasteiger partial charge in [-0.05, 0) is 25.1 Å². The van der Waals surface area contributed by atoms with Crippen molar-refractivity contribution < 1.29 is 33.4 Å². The normalized spacial score (nSPS) is 11.0. The summed E-state index contributed by atoms with van der Waals surface area (Å²) >= 11 is 0. The van der Waals surface area contributed by atoms with Crippen molar-refractivity contribution in [2.75, 3.05) is 20.3 Å². The average molecular weight is 429 g/mol. The number of rotatable bonds is 9. The Bertz CT molecular complexity index is 947. The molecule has 0 saturated carbocycles.